The first-order valence-electron chi connectivity index (χ1n) is 10.6. The van der Waals surface area contributed by atoms with Crippen LogP contribution in [0, 0.1) is 16.7 Å². The second kappa shape index (κ2) is 9.20. The van der Waals surface area contributed by atoms with E-state index in [9.17, 15) is 0 Å². The minimum Gasteiger partial charge on any atom is -0.402 e. The third kappa shape index (κ3) is 4.97. The summed E-state index contributed by atoms with van der Waals surface area (Å²) in [6.45, 7) is 2.61. The van der Waals surface area contributed by atoms with Crippen molar-refractivity contribution in [3.8, 4) is 6.07 Å². The molecule has 0 aliphatic carbocycles. The SMILES string of the molecule is C/C(N)=C/C(=N)Nc1nc(N[C@@H]2C[C@H]3CC[C@@H](C2)N3CCC#N)nc2cc(Br)ccc12. The van der Waals surface area contributed by atoms with Crippen molar-refractivity contribution >= 4 is 44.4 Å². The van der Waals surface area contributed by atoms with Gasteiger partial charge in [0.25, 0.3) is 0 Å². The number of nitriles is 1. The number of halogens is 1. The molecule has 1 aromatic heterocycles. The van der Waals surface area contributed by atoms with E-state index in [1.54, 1.807) is 13.0 Å². The van der Waals surface area contributed by atoms with Gasteiger partial charge >= 0.3 is 0 Å². The second-order valence-electron chi connectivity index (χ2n) is 8.33. The highest BCUT2D eigenvalue weighted by atomic mass is 79.9. The number of rotatable bonds is 6. The molecule has 3 atom stereocenters. The molecule has 31 heavy (non-hydrogen) atoms. The molecular formula is C22H27BrN8. The van der Waals surface area contributed by atoms with Crippen LogP contribution in [0.15, 0.2) is 34.4 Å². The number of anilines is 2. The molecule has 2 saturated heterocycles. The van der Waals surface area contributed by atoms with Crippen LogP contribution in [-0.4, -0.2) is 45.4 Å². The normalized spacial score (nSPS) is 23.5. The zero-order chi connectivity index (χ0) is 22.0. The van der Waals surface area contributed by atoms with Crippen LogP contribution in [-0.2, 0) is 0 Å². The van der Waals surface area contributed by atoms with E-state index in [0.717, 1.165) is 34.8 Å². The number of nitrogens with two attached hydrogens (primary N) is 1. The molecule has 8 nitrogen and oxygen atoms in total. The highest BCUT2D eigenvalue weighted by Gasteiger charge is 2.40. The van der Waals surface area contributed by atoms with Crippen molar-refractivity contribution in [2.45, 2.75) is 57.2 Å². The zero-order valence-corrected chi connectivity index (χ0v) is 19.1. The summed E-state index contributed by atoms with van der Waals surface area (Å²) in [5, 5.41) is 24.5. The number of aromatic nitrogens is 2. The van der Waals surface area contributed by atoms with Crippen LogP contribution in [0.4, 0.5) is 11.8 Å². The summed E-state index contributed by atoms with van der Waals surface area (Å²) in [5.41, 5.74) is 7.06. The topological polar surface area (TPSA) is 127 Å². The molecule has 9 heteroatoms. The zero-order valence-electron chi connectivity index (χ0n) is 17.5. The number of hydrogen-bond donors (Lipinski definition) is 4. The standard InChI is InChI=1S/C22H27BrN8/c1-13(25)9-20(26)29-21-18-6-3-14(23)10-19(18)28-22(30-21)27-15-11-16-4-5-17(12-15)31(16)8-2-7-24/h3,6,9-10,15-17H,2,4-5,8,11-12,25H2,1H3,(H3,26,27,28,29,30)/b13-9-/t15-,16-,17+. The minimum absolute atomic E-state index is 0.178. The van der Waals surface area contributed by atoms with Crippen LogP contribution in [0.1, 0.15) is 39.0 Å². The summed E-state index contributed by atoms with van der Waals surface area (Å²) in [6.07, 6.45) is 6.58. The molecular weight excluding hydrogens is 456 g/mol. The number of piperidine rings is 1. The van der Waals surface area contributed by atoms with Gasteiger partial charge in [-0.1, -0.05) is 15.9 Å². The molecule has 2 fully saturated rings. The van der Waals surface area contributed by atoms with Crippen LogP contribution in [0.25, 0.3) is 10.9 Å². The van der Waals surface area contributed by atoms with E-state index in [4.69, 9.17) is 26.4 Å². The summed E-state index contributed by atoms with van der Waals surface area (Å²) >= 11 is 3.52. The molecule has 0 radical (unpaired) electrons. The Balaban J connectivity index is 1.56. The first kappa shape index (κ1) is 21.5. The lowest BCUT2D eigenvalue weighted by Crippen LogP contribution is -2.47. The van der Waals surface area contributed by atoms with E-state index >= 15 is 0 Å². The van der Waals surface area contributed by atoms with Crippen LogP contribution in [0.3, 0.4) is 0 Å². The summed E-state index contributed by atoms with van der Waals surface area (Å²) in [7, 11) is 0. The van der Waals surface area contributed by atoms with E-state index in [1.807, 2.05) is 18.2 Å². The summed E-state index contributed by atoms with van der Waals surface area (Å²) < 4.78 is 0.937. The van der Waals surface area contributed by atoms with Gasteiger partial charge in [-0.3, -0.25) is 10.3 Å². The van der Waals surface area contributed by atoms with Crippen LogP contribution < -0.4 is 16.4 Å². The molecule has 5 N–H and O–H groups in total. The Morgan fingerprint density at radius 1 is 1.35 bits per heavy atom. The predicted octanol–water partition coefficient (Wildman–Crippen LogP) is 3.96. The van der Waals surface area contributed by atoms with E-state index in [-0.39, 0.29) is 5.84 Å². The molecule has 0 spiro atoms. The third-order valence-corrected chi connectivity index (χ3v) is 6.48. The van der Waals surface area contributed by atoms with Gasteiger partial charge in [0.05, 0.1) is 11.6 Å². The summed E-state index contributed by atoms with van der Waals surface area (Å²) in [4.78, 5) is 11.9. The van der Waals surface area contributed by atoms with Crippen molar-refractivity contribution < 1.29 is 0 Å². The van der Waals surface area contributed by atoms with Crippen molar-refractivity contribution in [1.82, 2.24) is 14.9 Å². The van der Waals surface area contributed by atoms with Crippen molar-refractivity contribution in [2.75, 3.05) is 17.2 Å². The number of allylic oxidation sites excluding steroid dienone is 1. The van der Waals surface area contributed by atoms with Gasteiger partial charge in [0.15, 0.2) is 0 Å². The molecule has 0 amide bonds. The molecule has 0 unspecified atom stereocenters. The van der Waals surface area contributed by atoms with Crippen molar-refractivity contribution in [3.05, 3.63) is 34.4 Å². The molecule has 162 valence electrons. The Morgan fingerprint density at radius 2 is 2.10 bits per heavy atom. The van der Waals surface area contributed by atoms with Gasteiger partial charge in [-0.25, -0.2) is 4.98 Å². The fourth-order valence-corrected chi connectivity index (χ4v) is 5.12. The molecule has 4 rings (SSSR count). The Bertz CT molecular complexity index is 1040. The first-order valence-corrected chi connectivity index (χ1v) is 11.4. The van der Waals surface area contributed by atoms with Gasteiger partial charge in [-0.15, -0.1) is 0 Å². The van der Waals surface area contributed by atoms with Crippen LogP contribution in [0.5, 0.6) is 0 Å². The fourth-order valence-electron chi connectivity index (χ4n) is 4.77. The molecule has 2 aromatic rings. The average molecular weight is 483 g/mol. The maximum absolute atomic E-state index is 8.94. The largest absolute Gasteiger partial charge is 0.402 e. The second-order valence-corrected chi connectivity index (χ2v) is 9.24. The molecule has 2 bridgehead atoms. The van der Waals surface area contributed by atoms with Gasteiger partial charge < -0.3 is 16.4 Å². The van der Waals surface area contributed by atoms with E-state index in [2.05, 4.69) is 37.5 Å². The first-order chi connectivity index (χ1) is 14.9. The molecule has 1 aromatic carbocycles. The van der Waals surface area contributed by atoms with Crippen molar-refractivity contribution in [3.63, 3.8) is 0 Å². The number of fused-ring (bicyclic) bond motifs is 3. The summed E-state index contributed by atoms with van der Waals surface area (Å²) in [6, 6.07) is 9.42. The van der Waals surface area contributed by atoms with Crippen LogP contribution in [0.2, 0.25) is 0 Å². The van der Waals surface area contributed by atoms with Crippen molar-refractivity contribution in [1.29, 1.82) is 10.7 Å². The number of benzene rings is 1. The Hall–Kier alpha value is -2.70. The Kier molecular flexibility index (Phi) is 6.39. The fraction of sp³-hybridized carbons (Fsp3) is 0.455. The molecule has 0 saturated carbocycles. The molecule has 3 heterocycles. The maximum atomic E-state index is 8.94. The lowest BCUT2D eigenvalue weighted by molar-refractivity contribution is 0.135. The van der Waals surface area contributed by atoms with Gasteiger partial charge in [-0.05, 0) is 56.9 Å². The Labute approximate surface area is 190 Å². The predicted molar refractivity (Wildman–Crippen MR) is 127 cm³/mol. The maximum Gasteiger partial charge on any atom is 0.225 e. The number of nitrogens with zero attached hydrogens (tertiary/aromatic N) is 4. The summed E-state index contributed by atoms with van der Waals surface area (Å²) in [5.74, 6) is 1.32. The van der Waals surface area contributed by atoms with Gasteiger partial charge in [0, 0.05) is 46.6 Å². The van der Waals surface area contributed by atoms with E-state index < -0.39 is 0 Å². The minimum atomic E-state index is 0.178. The quantitative estimate of drug-likeness (QED) is 0.362. The monoisotopic (exact) mass is 482 g/mol. The number of amidine groups is 1. The lowest BCUT2D eigenvalue weighted by Gasteiger charge is -2.38. The number of hydrogen-bond acceptors (Lipinski definition) is 7. The highest BCUT2D eigenvalue weighted by Crippen LogP contribution is 2.37. The Morgan fingerprint density at radius 3 is 2.77 bits per heavy atom. The van der Waals surface area contributed by atoms with E-state index in [0.29, 0.717) is 42.0 Å². The average Bonchev–Trinajstić information content (AvgIpc) is 2.93. The molecule has 2 aliphatic heterocycles. The highest BCUT2D eigenvalue weighted by molar-refractivity contribution is 9.10. The van der Waals surface area contributed by atoms with Gasteiger partial charge in [0.2, 0.25) is 5.95 Å². The third-order valence-electron chi connectivity index (χ3n) is 5.98. The smallest absolute Gasteiger partial charge is 0.225 e. The van der Waals surface area contributed by atoms with E-state index in [1.165, 1.54) is 12.8 Å². The van der Waals surface area contributed by atoms with Gasteiger partial charge in [-0.2, -0.15) is 10.2 Å². The lowest BCUT2D eigenvalue weighted by atomic mass is 9.97. The van der Waals surface area contributed by atoms with Crippen molar-refractivity contribution in [2.24, 2.45) is 5.73 Å². The number of nitrogens with one attached hydrogen (secondary N) is 3. The van der Waals surface area contributed by atoms with Gasteiger partial charge in [0.1, 0.15) is 11.7 Å². The molecule has 2 aliphatic rings. The van der Waals surface area contributed by atoms with Crippen LogP contribution >= 0.6 is 15.9 Å².